The Labute approximate surface area is 224 Å². The molecule has 0 saturated carbocycles. The van der Waals surface area contributed by atoms with Crippen LogP contribution < -0.4 is 32.1 Å². The maximum Gasteiger partial charge on any atom is 0.278 e. The number of hydrogen-bond acceptors (Lipinski definition) is 7. The van der Waals surface area contributed by atoms with E-state index in [-0.39, 0.29) is 42.8 Å². The number of nitrogens with zero attached hydrogens (tertiary/aromatic N) is 2. The summed E-state index contributed by atoms with van der Waals surface area (Å²) in [5, 5.41) is 13.4. The predicted octanol–water partition coefficient (Wildman–Crippen LogP) is 0.600. The lowest BCUT2D eigenvalue weighted by molar-refractivity contribution is -0.134. The molecule has 2 aromatic carbocycles. The van der Waals surface area contributed by atoms with Gasteiger partial charge in [0.05, 0.1) is 18.7 Å². The molecule has 2 atom stereocenters. The molecular weight excluding hydrogens is 502 g/mol. The van der Waals surface area contributed by atoms with Gasteiger partial charge in [0.25, 0.3) is 5.56 Å². The Morgan fingerprint density at radius 2 is 1.82 bits per heavy atom. The van der Waals surface area contributed by atoms with E-state index in [9.17, 15) is 24.0 Å². The molecule has 3 aromatic rings. The summed E-state index contributed by atoms with van der Waals surface area (Å²) in [7, 11) is 1.63. The number of carbonyl (C=O) groups is 4. The highest BCUT2D eigenvalue weighted by atomic mass is 16.2. The molecule has 5 N–H and O–H groups in total. The summed E-state index contributed by atoms with van der Waals surface area (Å²) in [4.78, 5) is 66.2. The molecule has 4 amide bonds. The van der Waals surface area contributed by atoms with Crippen molar-refractivity contribution in [2.24, 2.45) is 0 Å². The number of hydrogen-bond donors (Lipinski definition) is 5. The Balaban J connectivity index is 1.48. The zero-order valence-electron chi connectivity index (χ0n) is 21.5. The van der Waals surface area contributed by atoms with Crippen LogP contribution in [-0.2, 0) is 32.3 Å². The van der Waals surface area contributed by atoms with E-state index in [1.165, 1.54) is 10.8 Å². The molecule has 1 aromatic heterocycles. The van der Waals surface area contributed by atoms with Crippen LogP contribution in [0.2, 0.25) is 0 Å². The zero-order chi connectivity index (χ0) is 27.9. The molecule has 202 valence electrons. The minimum Gasteiger partial charge on any atom is -0.350 e. The standard InChI is InChI=1S/C27H29N7O5/c1-16(28-2)25(37)33-21-14-30-24(18-8-4-3-5-9-18)34(27(21)39)15-23(36)29-13-17-7-6-10-19(11-17)31-26(38)20-12-22(35)32-20/h3-11,14,16,20,28H,12-13,15H2,1-2H3,(H,29,36)(H,31,38)(H,32,35)(H,33,37)/t16-,20?/m0/s1. The van der Waals surface area contributed by atoms with Crippen LogP contribution in [0.25, 0.3) is 11.4 Å². The van der Waals surface area contributed by atoms with Crippen molar-refractivity contribution in [3.05, 3.63) is 76.7 Å². The molecule has 1 unspecified atom stereocenters. The topological polar surface area (TPSA) is 163 Å². The van der Waals surface area contributed by atoms with Gasteiger partial charge in [0.1, 0.15) is 24.1 Å². The summed E-state index contributed by atoms with van der Waals surface area (Å²) in [6.45, 7) is 1.46. The molecule has 12 nitrogen and oxygen atoms in total. The van der Waals surface area contributed by atoms with Gasteiger partial charge in [-0.15, -0.1) is 0 Å². The lowest BCUT2D eigenvalue weighted by Gasteiger charge is -2.25. The van der Waals surface area contributed by atoms with E-state index in [2.05, 4.69) is 31.6 Å². The van der Waals surface area contributed by atoms with E-state index in [1.54, 1.807) is 62.5 Å². The van der Waals surface area contributed by atoms with Gasteiger partial charge in [-0.2, -0.15) is 0 Å². The fraction of sp³-hybridized carbons (Fsp3) is 0.259. The molecule has 1 fully saturated rings. The first kappa shape index (κ1) is 27.2. The number of nitrogens with one attached hydrogen (secondary N) is 5. The second-order valence-corrected chi connectivity index (χ2v) is 9.04. The molecule has 0 bridgehead atoms. The molecule has 12 heteroatoms. The van der Waals surface area contributed by atoms with Crippen molar-refractivity contribution in [3.8, 4) is 11.4 Å². The van der Waals surface area contributed by atoms with Crippen LogP contribution in [0.5, 0.6) is 0 Å². The van der Waals surface area contributed by atoms with E-state index in [0.717, 1.165) is 5.56 Å². The van der Waals surface area contributed by atoms with Gasteiger partial charge in [-0.1, -0.05) is 42.5 Å². The molecule has 0 spiro atoms. The molecule has 4 rings (SSSR count). The third kappa shape index (κ3) is 6.73. The van der Waals surface area contributed by atoms with Gasteiger partial charge in [0.15, 0.2) is 0 Å². The average molecular weight is 532 g/mol. The maximum absolute atomic E-state index is 13.3. The van der Waals surface area contributed by atoms with Crippen LogP contribution in [0.4, 0.5) is 11.4 Å². The number of carbonyl (C=O) groups excluding carboxylic acids is 4. The van der Waals surface area contributed by atoms with Gasteiger partial charge in [-0.3, -0.25) is 28.5 Å². The maximum atomic E-state index is 13.3. The number of aromatic nitrogens is 2. The molecule has 1 aliphatic rings. The van der Waals surface area contributed by atoms with Gasteiger partial charge >= 0.3 is 0 Å². The highest BCUT2D eigenvalue weighted by Crippen LogP contribution is 2.17. The van der Waals surface area contributed by atoms with Crippen LogP contribution in [0, 0.1) is 0 Å². The summed E-state index contributed by atoms with van der Waals surface area (Å²) in [6.07, 6.45) is 1.44. The van der Waals surface area contributed by atoms with Crippen LogP contribution >= 0.6 is 0 Å². The average Bonchev–Trinajstić information content (AvgIpc) is 2.92. The van der Waals surface area contributed by atoms with Crippen LogP contribution in [0.1, 0.15) is 18.9 Å². The second-order valence-electron chi connectivity index (χ2n) is 9.04. The molecular formula is C27H29N7O5. The minimum absolute atomic E-state index is 0.0410. The highest BCUT2D eigenvalue weighted by molar-refractivity contribution is 6.03. The van der Waals surface area contributed by atoms with Crippen molar-refractivity contribution in [1.29, 1.82) is 0 Å². The van der Waals surface area contributed by atoms with Gasteiger partial charge < -0.3 is 26.6 Å². The van der Waals surface area contributed by atoms with Gasteiger partial charge in [-0.25, -0.2) is 4.98 Å². The van der Waals surface area contributed by atoms with Gasteiger partial charge in [-0.05, 0) is 31.7 Å². The number of β-lactam (4-membered cyclic amide) rings is 1. The first-order valence-corrected chi connectivity index (χ1v) is 12.3. The number of rotatable bonds is 10. The lowest BCUT2D eigenvalue weighted by Crippen LogP contribution is -2.55. The van der Waals surface area contributed by atoms with E-state index in [1.807, 2.05) is 6.07 Å². The Morgan fingerprint density at radius 1 is 1.08 bits per heavy atom. The smallest absolute Gasteiger partial charge is 0.278 e. The zero-order valence-corrected chi connectivity index (χ0v) is 21.5. The lowest BCUT2D eigenvalue weighted by atomic mass is 10.1. The fourth-order valence-electron chi connectivity index (χ4n) is 3.82. The molecule has 39 heavy (non-hydrogen) atoms. The normalized spacial score (nSPS) is 14.9. The summed E-state index contributed by atoms with van der Waals surface area (Å²) < 4.78 is 1.22. The van der Waals surface area contributed by atoms with Gasteiger partial charge in [0, 0.05) is 17.8 Å². The fourth-order valence-corrected chi connectivity index (χ4v) is 3.82. The Kier molecular flexibility index (Phi) is 8.46. The van der Waals surface area contributed by atoms with E-state index in [0.29, 0.717) is 11.3 Å². The van der Waals surface area contributed by atoms with Crippen LogP contribution in [-0.4, -0.2) is 52.3 Å². The van der Waals surface area contributed by atoms with Gasteiger partial charge in [0.2, 0.25) is 23.6 Å². The third-order valence-electron chi connectivity index (χ3n) is 6.19. The monoisotopic (exact) mass is 531 g/mol. The summed E-state index contributed by atoms with van der Waals surface area (Å²) in [5.74, 6) is -1.06. The number of benzene rings is 2. The number of anilines is 2. The van der Waals surface area contributed by atoms with Crippen LogP contribution in [0.3, 0.4) is 0 Å². The summed E-state index contributed by atoms with van der Waals surface area (Å²) in [5.41, 5.74) is 1.27. The third-order valence-corrected chi connectivity index (χ3v) is 6.19. The predicted molar refractivity (Wildman–Crippen MR) is 145 cm³/mol. The Bertz CT molecular complexity index is 1450. The quantitative estimate of drug-likeness (QED) is 0.239. The molecule has 2 heterocycles. The largest absolute Gasteiger partial charge is 0.350 e. The van der Waals surface area contributed by atoms with Crippen molar-refractivity contribution in [3.63, 3.8) is 0 Å². The number of likely N-dealkylation sites (N-methyl/N-ethyl adjacent to an activating group) is 1. The van der Waals surface area contributed by atoms with Crippen molar-refractivity contribution >= 4 is 35.0 Å². The van der Waals surface area contributed by atoms with Crippen molar-refractivity contribution in [1.82, 2.24) is 25.5 Å². The Morgan fingerprint density at radius 3 is 2.51 bits per heavy atom. The molecule has 1 aliphatic heterocycles. The molecule has 0 aliphatic carbocycles. The first-order valence-electron chi connectivity index (χ1n) is 12.3. The van der Waals surface area contributed by atoms with E-state index in [4.69, 9.17) is 0 Å². The second kappa shape index (κ2) is 12.1. The van der Waals surface area contributed by atoms with Crippen molar-refractivity contribution < 1.29 is 19.2 Å². The summed E-state index contributed by atoms with van der Waals surface area (Å²) >= 11 is 0. The molecule has 0 radical (unpaired) electrons. The van der Waals surface area contributed by atoms with Crippen molar-refractivity contribution in [2.75, 3.05) is 17.7 Å². The van der Waals surface area contributed by atoms with E-state index >= 15 is 0 Å². The van der Waals surface area contributed by atoms with Crippen LogP contribution in [0.15, 0.2) is 65.6 Å². The van der Waals surface area contributed by atoms with E-state index < -0.39 is 29.5 Å². The Hall–Kier alpha value is -4.84. The van der Waals surface area contributed by atoms with Crippen molar-refractivity contribution in [2.45, 2.75) is 38.5 Å². The summed E-state index contributed by atoms with van der Waals surface area (Å²) in [6, 6.07) is 14.8. The minimum atomic E-state index is -0.566. The molecule has 1 saturated heterocycles. The SMILES string of the molecule is CN[C@@H](C)C(=O)Nc1cnc(-c2ccccc2)n(CC(=O)NCc2cccc(NC(=O)C3CC(=O)N3)c2)c1=O. The highest BCUT2D eigenvalue weighted by Gasteiger charge is 2.31. The number of amides is 4. The first-order chi connectivity index (χ1) is 18.7.